The summed E-state index contributed by atoms with van der Waals surface area (Å²) < 4.78 is 5.35. The van der Waals surface area contributed by atoms with Crippen molar-refractivity contribution < 1.29 is 4.74 Å². The fraction of sp³-hybridized carbons (Fsp3) is 0.438. The summed E-state index contributed by atoms with van der Waals surface area (Å²) in [6, 6.07) is 8.11. The lowest BCUT2D eigenvalue weighted by atomic mass is 10.1. The quantitative estimate of drug-likeness (QED) is 0.923. The second-order valence-electron chi connectivity index (χ2n) is 5.44. The molecule has 0 aliphatic carbocycles. The second kappa shape index (κ2) is 6.69. The van der Waals surface area contributed by atoms with Gasteiger partial charge in [0.15, 0.2) is 5.69 Å². The molecule has 0 spiro atoms. The van der Waals surface area contributed by atoms with E-state index >= 15 is 0 Å². The van der Waals surface area contributed by atoms with Gasteiger partial charge in [-0.1, -0.05) is 11.6 Å². The molecule has 1 aromatic carbocycles. The maximum Gasteiger partial charge on any atom is 0.186 e. The summed E-state index contributed by atoms with van der Waals surface area (Å²) in [5.41, 5.74) is 3.07. The average Bonchev–Trinajstić information content (AvgIpc) is 2.56. The van der Waals surface area contributed by atoms with E-state index in [0.717, 1.165) is 61.5 Å². The summed E-state index contributed by atoms with van der Waals surface area (Å²) in [5.74, 6) is 0. The van der Waals surface area contributed by atoms with Crippen molar-refractivity contribution in [3.05, 3.63) is 29.5 Å². The Balaban J connectivity index is 1.79. The third-order valence-electron chi connectivity index (χ3n) is 3.86. The van der Waals surface area contributed by atoms with Gasteiger partial charge >= 0.3 is 0 Å². The molecule has 3 rings (SSSR count). The Labute approximate surface area is 129 Å². The summed E-state index contributed by atoms with van der Waals surface area (Å²) in [6.07, 6.45) is 0. The van der Waals surface area contributed by atoms with E-state index in [1.807, 2.05) is 25.1 Å². The van der Waals surface area contributed by atoms with Crippen LogP contribution in [0.15, 0.2) is 18.2 Å². The predicted octanol–water partition coefficient (Wildman–Crippen LogP) is 1.55. The summed E-state index contributed by atoms with van der Waals surface area (Å²) in [5, 5.41) is 21.7. The molecule has 6 nitrogen and oxygen atoms in total. The van der Waals surface area contributed by atoms with Crippen LogP contribution < -0.4 is 5.32 Å². The van der Waals surface area contributed by atoms with E-state index < -0.39 is 0 Å². The molecule has 1 aliphatic heterocycles. The number of hydrogen-bond acceptors (Lipinski definition) is 6. The van der Waals surface area contributed by atoms with Crippen molar-refractivity contribution in [1.29, 1.82) is 5.26 Å². The Bertz CT molecular complexity index is 703. The number of benzene rings is 1. The van der Waals surface area contributed by atoms with Crippen LogP contribution in [0.1, 0.15) is 11.3 Å². The minimum Gasteiger partial charge on any atom is -0.381 e. The SMILES string of the molecule is Cc1ccc2nnc(C#N)c(NCCN3CCOCC3)c2c1. The zero-order valence-electron chi connectivity index (χ0n) is 12.7. The molecule has 2 aromatic rings. The monoisotopic (exact) mass is 297 g/mol. The van der Waals surface area contributed by atoms with Crippen molar-refractivity contribution in [3.8, 4) is 6.07 Å². The van der Waals surface area contributed by atoms with E-state index in [9.17, 15) is 5.26 Å². The summed E-state index contributed by atoms with van der Waals surface area (Å²) in [4.78, 5) is 2.35. The highest BCUT2D eigenvalue weighted by Crippen LogP contribution is 2.24. The molecule has 1 fully saturated rings. The third kappa shape index (κ3) is 3.16. The molecule has 0 amide bonds. The number of morpholine rings is 1. The molecule has 0 atom stereocenters. The van der Waals surface area contributed by atoms with Gasteiger partial charge in [0.05, 0.1) is 24.4 Å². The van der Waals surface area contributed by atoms with Crippen LogP contribution >= 0.6 is 0 Å². The van der Waals surface area contributed by atoms with Gasteiger partial charge in [0.1, 0.15) is 6.07 Å². The lowest BCUT2D eigenvalue weighted by molar-refractivity contribution is 0.0398. The molecule has 22 heavy (non-hydrogen) atoms. The van der Waals surface area contributed by atoms with Crippen LogP contribution in [0.2, 0.25) is 0 Å². The highest BCUT2D eigenvalue weighted by molar-refractivity contribution is 5.93. The number of rotatable bonds is 4. The Kier molecular flexibility index (Phi) is 4.47. The van der Waals surface area contributed by atoms with Crippen molar-refractivity contribution in [1.82, 2.24) is 15.1 Å². The van der Waals surface area contributed by atoms with Gasteiger partial charge < -0.3 is 10.1 Å². The largest absolute Gasteiger partial charge is 0.381 e. The van der Waals surface area contributed by atoms with Crippen molar-refractivity contribution in [2.75, 3.05) is 44.7 Å². The molecule has 1 saturated heterocycles. The topological polar surface area (TPSA) is 74.1 Å². The molecule has 1 aliphatic rings. The number of nitrogens with one attached hydrogen (secondary N) is 1. The Morgan fingerprint density at radius 1 is 1.32 bits per heavy atom. The Morgan fingerprint density at radius 3 is 2.91 bits per heavy atom. The molecule has 0 unspecified atom stereocenters. The lowest BCUT2D eigenvalue weighted by Gasteiger charge is -2.26. The standard InChI is InChI=1S/C16H19N5O/c1-12-2-3-14-13(10-12)16(15(11-17)20-19-14)18-4-5-21-6-8-22-9-7-21/h2-3,10H,4-9H2,1H3,(H,18,19). The normalized spacial score (nSPS) is 15.6. The first-order chi connectivity index (χ1) is 10.8. The molecule has 0 saturated carbocycles. The van der Waals surface area contributed by atoms with Crippen molar-refractivity contribution in [3.63, 3.8) is 0 Å². The first kappa shape index (κ1) is 14.7. The van der Waals surface area contributed by atoms with E-state index in [4.69, 9.17) is 4.74 Å². The van der Waals surface area contributed by atoms with Crippen LogP contribution in [0, 0.1) is 18.3 Å². The van der Waals surface area contributed by atoms with E-state index in [-0.39, 0.29) is 0 Å². The number of nitrogens with zero attached hydrogens (tertiary/aromatic N) is 4. The van der Waals surface area contributed by atoms with Crippen LogP contribution in [-0.2, 0) is 4.74 Å². The van der Waals surface area contributed by atoms with E-state index in [1.54, 1.807) is 0 Å². The van der Waals surface area contributed by atoms with Crippen LogP contribution in [0.3, 0.4) is 0 Å². The highest BCUT2D eigenvalue weighted by atomic mass is 16.5. The number of ether oxygens (including phenoxy) is 1. The number of nitriles is 1. The van der Waals surface area contributed by atoms with Gasteiger partial charge in [0.25, 0.3) is 0 Å². The zero-order valence-corrected chi connectivity index (χ0v) is 12.7. The van der Waals surface area contributed by atoms with Crippen molar-refractivity contribution in [2.24, 2.45) is 0 Å². The van der Waals surface area contributed by atoms with Crippen LogP contribution in [0.25, 0.3) is 10.9 Å². The smallest absolute Gasteiger partial charge is 0.186 e. The van der Waals surface area contributed by atoms with Crippen LogP contribution in [0.5, 0.6) is 0 Å². The summed E-state index contributed by atoms with van der Waals surface area (Å²) >= 11 is 0. The molecule has 1 N–H and O–H groups in total. The summed E-state index contributed by atoms with van der Waals surface area (Å²) in [7, 11) is 0. The van der Waals surface area contributed by atoms with Gasteiger partial charge in [-0.05, 0) is 19.1 Å². The molecule has 0 bridgehead atoms. The molecule has 1 aromatic heterocycles. The molecule has 6 heteroatoms. The fourth-order valence-corrected chi connectivity index (χ4v) is 2.64. The van der Waals surface area contributed by atoms with Crippen molar-refractivity contribution in [2.45, 2.75) is 6.92 Å². The maximum atomic E-state index is 9.28. The zero-order chi connectivity index (χ0) is 15.4. The maximum absolute atomic E-state index is 9.28. The number of fused-ring (bicyclic) bond motifs is 1. The van der Waals surface area contributed by atoms with Gasteiger partial charge in [-0.25, -0.2) is 0 Å². The predicted molar refractivity (Wildman–Crippen MR) is 84.7 cm³/mol. The minimum atomic E-state index is 0.347. The van der Waals surface area contributed by atoms with Gasteiger partial charge in [-0.3, -0.25) is 4.90 Å². The van der Waals surface area contributed by atoms with E-state index in [2.05, 4.69) is 26.5 Å². The Morgan fingerprint density at radius 2 is 2.14 bits per heavy atom. The minimum absolute atomic E-state index is 0.347. The fourth-order valence-electron chi connectivity index (χ4n) is 2.64. The first-order valence-corrected chi connectivity index (χ1v) is 7.49. The molecule has 114 valence electrons. The van der Waals surface area contributed by atoms with E-state index in [0.29, 0.717) is 5.69 Å². The molecule has 0 radical (unpaired) electrons. The lowest BCUT2D eigenvalue weighted by Crippen LogP contribution is -2.39. The molecular formula is C16H19N5O. The molecule has 2 heterocycles. The number of hydrogen-bond donors (Lipinski definition) is 1. The average molecular weight is 297 g/mol. The Hall–Kier alpha value is -2.23. The summed E-state index contributed by atoms with van der Waals surface area (Å²) in [6.45, 7) is 7.23. The number of aromatic nitrogens is 2. The number of aryl methyl sites for hydroxylation is 1. The number of anilines is 1. The van der Waals surface area contributed by atoms with Crippen LogP contribution in [0.4, 0.5) is 5.69 Å². The van der Waals surface area contributed by atoms with Crippen LogP contribution in [-0.4, -0.2) is 54.5 Å². The van der Waals surface area contributed by atoms with Gasteiger partial charge in [-0.2, -0.15) is 5.26 Å². The second-order valence-corrected chi connectivity index (χ2v) is 5.44. The van der Waals surface area contributed by atoms with Gasteiger partial charge in [0.2, 0.25) is 0 Å². The highest BCUT2D eigenvalue weighted by Gasteiger charge is 2.13. The molecular weight excluding hydrogens is 278 g/mol. The van der Waals surface area contributed by atoms with Gasteiger partial charge in [0, 0.05) is 31.6 Å². The van der Waals surface area contributed by atoms with Gasteiger partial charge in [-0.15, -0.1) is 10.2 Å². The van der Waals surface area contributed by atoms with E-state index in [1.165, 1.54) is 0 Å². The van der Waals surface area contributed by atoms with Crippen molar-refractivity contribution >= 4 is 16.6 Å². The third-order valence-corrected chi connectivity index (χ3v) is 3.86. The first-order valence-electron chi connectivity index (χ1n) is 7.49.